The smallest absolute Gasteiger partial charge is 0.249 e. The van der Waals surface area contributed by atoms with Gasteiger partial charge in [-0.1, -0.05) is 66.0 Å². The van der Waals surface area contributed by atoms with Crippen LogP contribution < -0.4 is 5.32 Å². The zero-order chi connectivity index (χ0) is 25.7. The fraction of sp³-hybridized carbons (Fsp3) is 0.500. The highest BCUT2D eigenvalue weighted by Crippen LogP contribution is 2.34. The van der Waals surface area contributed by atoms with Gasteiger partial charge in [0.05, 0.1) is 16.7 Å². The molecule has 2 aromatic rings. The summed E-state index contributed by atoms with van der Waals surface area (Å²) in [6, 6.07) is 14.6. The van der Waals surface area contributed by atoms with Crippen LogP contribution in [0.4, 0.5) is 0 Å². The molecule has 1 N–H and O–H groups in total. The third-order valence-corrected chi connectivity index (χ3v) is 9.74. The van der Waals surface area contributed by atoms with Gasteiger partial charge in [0, 0.05) is 38.3 Å². The van der Waals surface area contributed by atoms with Gasteiger partial charge in [-0.05, 0) is 43.9 Å². The molecule has 196 valence electrons. The summed E-state index contributed by atoms with van der Waals surface area (Å²) in [4.78, 5) is 15.1. The van der Waals surface area contributed by atoms with Crippen LogP contribution in [-0.2, 0) is 26.1 Å². The third kappa shape index (κ3) is 6.60. The first-order valence-electron chi connectivity index (χ1n) is 12.4. The van der Waals surface area contributed by atoms with Crippen LogP contribution in [0.15, 0.2) is 53.4 Å². The summed E-state index contributed by atoms with van der Waals surface area (Å²) in [5, 5.41) is 3.28. The number of likely N-dealkylation sites (tertiary alicyclic amines) is 1. The van der Waals surface area contributed by atoms with E-state index in [1.165, 1.54) is 22.0 Å². The molecule has 7 nitrogen and oxygen atoms in total. The first kappa shape index (κ1) is 27.4. The minimum atomic E-state index is -3.91. The van der Waals surface area contributed by atoms with Crippen molar-refractivity contribution in [2.45, 2.75) is 62.2 Å². The van der Waals surface area contributed by atoms with Gasteiger partial charge in [0.15, 0.2) is 0 Å². The normalized spacial score (nSPS) is 22.4. The van der Waals surface area contributed by atoms with E-state index in [9.17, 15) is 13.2 Å². The van der Waals surface area contributed by atoms with Gasteiger partial charge >= 0.3 is 0 Å². The molecule has 2 aromatic carbocycles. The lowest BCUT2D eigenvalue weighted by Crippen LogP contribution is -2.48. The highest BCUT2D eigenvalue weighted by Gasteiger charge is 2.37. The molecule has 0 spiro atoms. The minimum absolute atomic E-state index is 0.0705. The molecule has 3 unspecified atom stereocenters. The molecule has 3 atom stereocenters. The summed E-state index contributed by atoms with van der Waals surface area (Å²) in [5.74, 6) is -0.180. The molecular formula is C26H33Cl2N3O4S. The number of halogens is 2. The van der Waals surface area contributed by atoms with Gasteiger partial charge < -0.3 is 10.1 Å². The van der Waals surface area contributed by atoms with Crippen molar-refractivity contribution in [3.63, 3.8) is 0 Å². The fourth-order valence-electron chi connectivity index (χ4n) is 4.89. The Bertz CT molecular complexity index is 1130. The van der Waals surface area contributed by atoms with E-state index < -0.39 is 16.1 Å². The van der Waals surface area contributed by atoms with Crippen LogP contribution in [0.25, 0.3) is 0 Å². The van der Waals surface area contributed by atoms with Crippen LogP contribution in [0.5, 0.6) is 0 Å². The molecule has 2 saturated heterocycles. The van der Waals surface area contributed by atoms with Crippen LogP contribution >= 0.6 is 23.2 Å². The van der Waals surface area contributed by atoms with E-state index in [2.05, 4.69) is 22.3 Å². The predicted molar refractivity (Wildman–Crippen MR) is 142 cm³/mol. The summed E-state index contributed by atoms with van der Waals surface area (Å²) in [7, 11) is -3.91. The number of nitrogens with one attached hydrogen (secondary N) is 1. The molecule has 2 aliphatic heterocycles. The Morgan fingerprint density at radius 2 is 1.78 bits per heavy atom. The zero-order valence-electron chi connectivity index (χ0n) is 20.4. The maximum atomic E-state index is 13.4. The number of rotatable bonds is 9. The quantitative estimate of drug-likeness (QED) is 0.499. The number of carbonyl (C=O) groups is 1. The zero-order valence-corrected chi connectivity index (χ0v) is 22.7. The molecule has 1 amide bonds. The van der Waals surface area contributed by atoms with Crippen molar-refractivity contribution in [2.24, 2.45) is 0 Å². The molecule has 0 saturated carbocycles. The van der Waals surface area contributed by atoms with Crippen molar-refractivity contribution in [1.82, 2.24) is 14.5 Å². The van der Waals surface area contributed by atoms with Gasteiger partial charge in [-0.25, -0.2) is 8.42 Å². The molecule has 2 heterocycles. The number of sulfonamides is 1. The number of hydrogen-bond donors (Lipinski definition) is 1. The average Bonchev–Trinajstić information content (AvgIpc) is 3.29. The molecule has 0 radical (unpaired) electrons. The highest BCUT2D eigenvalue weighted by molar-refractivity contribution is 7.89. The van der Waals surface area contributed by atoms with Gasteiger partial charge in [0.25, 0.3) is 0 Å². The topological polar surface area (TPSA) is 78.9 Å². The lowest BCUT2D eigenvalue weighted by atomic mass is 10.1. The minimum Gasteiger partial charge on any atom is -0.367 e. The van der Waals surface area contributed by atoms with E-state index in [1.54, 1.807) is 13.0 Å². The molecule has 10 heteroatoms. The second-order valence-corrected chi connectivity index (χ2v) is 12.1. The lowest BCUT2D eigenvalue weighted by Gasteiger charge is -2.35. The number of amides is 1. The first-order valence-corrected chi connectivity index (χ1v) is 14.6. The van der Waals surface area contributed by atoms with E-state index >= 15 is 0 Å². The maximum absolute atomic E-state index is 13.4. The second-order valence-electron chi connectivity index (χ2n) is 9.51. The molecule has 36 heavy (non-hydrogen) atoms. The molecule has 0 bridgehead atoms. The van der Waals surface area contributed by atoms with E-state index in [0.29, 0.717) is 13.0 Å². The Hall–Kier alpha value is -1.68. The van der Waals surface area contributed by atoms with Crippen molar-refractivity contribution in [3.8, 4) is 0 Å². The van der Waals surface area contributed by atoms with Crippen molar-refractivity contribution in [1.29, 1.82) is 0 Å². The standard InChI is InChI=1S/C26H33Cl2N3O4S/c1-19(26(32)29-21-13-15-30(17-21)16-20-8-3-2-4-9-20)35-18-22-10-5-6-14-31(22)36(33,34)25-23(27)11-7-12-24(25)28/h2-4,7-9,11-12,19,21-22H,5-6,10,13-18H2,1H3,(H,29,32). The van der Waals surface area contributed by atoms with Crippen molar-refractivity contribution >= 4 is 39.1 Å². The molecule has 0 aliphatic carbocycles. The van der Waals surface area contributed by atoms with Crippen molar-refractivity contribution in [2.75, 3.05) is 26.2 Å². The predicted octanol–water partition coefficient (Wildman–Crippen LogP) is 4.33. The summed E-state index contributed by atoms with van der Waals surface area (Å²) >= 11 is 12.4. The van der Waals surface area contributed by atoms with Crippen LogP contribution in [0.1, 0.15) is 38.2 Å². The molecule has 2 aliphatic rings. The Balaban J connectivity index is 1.31. The van der Waals surface area contributed by atoms with E-state index in [1.807, 2.05) is 18.2 Å². The Morgan fingerprint density at radius 1 is 1.06 bits per heavy atom. The summed E-state index contributed by atoms with van der Waals surface area (Å²) in [6.45, 7) is 4.77. The van der Waals surface area contributed by atoms with Gasteiger partial charge in [0.1, 0.15) is 11.0 Å². The molecule has 0 aromatic heterocycles. The van der Waals surface area contributed by atoms with Gasteiger partial charge in [0.2, 0.25) is 15.9 Å². The van der Waals surface area contributed by atoms with Gasteiger partial charge in [-0.3, -0.25) is 9.69 Å². The SMILES string of the molecule is CC(OCC1CCCCN1S(=O)(=O)c1c(Cl)cccc1Cl)C(=O)NC1CCN(Cc2ccccc2)C1. The van der Waals surface area contributed by atoms with E-state index in [4.69, 9.17) is 27.9 Å². The molecule has 4 rings (SSSR count). The fourth-order valence-corrected chi connectivity index (χ4v) is 7.66. The van der Waals surface area contributed by atoms with Crippen LogP contribution in [0.3, 0.4) is 0 Å². The van der Waals surface area contributed by atoms with Crippen LogP contribution in [-0.4, -0.2) is 68.0 Å². The number of nitrogens with zero attached hydrogens (tertiary/aromatic N) is 2. The Labute approximate surface area is 223 Å². The third-order valence-electron chi connectivity index (χ3n) is 6.83. The molecular weight excluding hydrogens is 521 g/mol. The Kier molecular flexibility index (Phi) is 9.30. The largest absolute Gasteiger partial charge is 0.367 e. The van der Waals surface area contributed by atoms with E-state index in [0.717, 1.165) is 38.9 Å². The van der Waals surface area contributed by atoms with Gasteiger partial charge in [-0.15, -0.1) is 0 Å². The summed E-state index contributed by atoms with van der Waals surface area (Å²) in [5.41, 5.74) is 1.26. The lowest BCUT2D eigenvalue weighted by molar-refractivity contribution is -0.133. The van der Waals surface area contributed by atoms with Crippen molar-refractivity contribution < 1.29 is 17.9 Å². The van der Waals surface area contributed by atoms with E-state index in [-0.39, 0.29) is 39.5 Å². The summed E-state index contributed by atoms with van der Waals surface area (Å²) in [6.07, 6.45) is 2.47. The van der Waals surface area contributed by atoms with Crippen molar-refractivity contribution in [3.05, 3.63) is 64.1 Å². The van der Waals surface area contributed by atoms with Gasteiger partial charge in [-0.2, -0.15) is 4.31 Å². The monoisotopic (exact) mass is 553 g/mol. The second kappa shape index (κ2) is 12.2. The number of ether oxygens (including phenoxy) is 1. The number of benzene rings is 2. The molecule has 2 fully saturated rings. The van der Waals surface area contributed by atoms with Crippen LogP contribution in [0.2, 0.25) is 10.0 Å². The first-order chi connectivity index (χ1) is 17.3. The number of carbonyl (C=O) groups excluding carboxylic acids is 1. The number of hydrogen-bond acceptors (Lipinski definition) is 5. The maximum Gasteiger partial charge on any atom is 0.249 e. The number of piperidine rings is 1. The average molecular weight is 555 g/mol. The highest BCUT2D eigenvalue weighted by atomic mass is 35.5. The summed E-state index contributed by atoms with van der Waals surface area (Å²) < 4.78 is 34.2. The van der Waals surface area contributed by atoms with Crippen LogP contribution in [0, 0.1) is 0 Å². The Morgan fingerprint density at radius 3 is 2.50 bits per heavy atom.